The van der Waals surface area contributed by atoms with E-state index in [0.29, 0.717) is 18.7 Å². The highest BCUT2D eigenvalue weighted by Gasteiger charge is 2.28. The van der Waals surface area contributed by atoms with Gasteiger partial charge >= 0.3 is 0 Å². The maximum atomic E-state index is 14.1. The fourth-order valence-corrected chi connectivity index (χ4v) is 4.79. The molecule has 0 spiro atoms. The van der Waals surface area contributed by atoms with Gasteiger partial charge in [-0.15, -0.1) is 0 Å². The van der Waals surface area contributed by atoms with Crippen LogP contribution in [0, 0.1) is 12.7 Å². The number of hydrogen-bond acceptors (Lipinski definition) is 3. The molecule has 1 amide bonds. The van der Waals surface area contributed by atoms with Crippen molar-refractivity contribution in [1.82, 2.24) is 14.5 Å². The average molecular weight is 444 g/mol. The number of methoxy groups -OCH3 is 1. The van der Waals surface area contributed by atoms with Crippen molar-refractivity contribution in [3.63, 3.8) is 0 Å². The number of likely N-dealkylation sites (tertiary alicyclic amines) is 1. The first-order valence-electron chi connectivity index (χ1n) is 11.2. The Hall–Kier alpha value is -3.67. The van der Waals surface area contributed by atoms with Crippen molar-refractivity contribution in [3.8, 4) is 17.1 Å². The van der Waals surface area contributed by atoms with Gasteiger partial charge in [-0.05, 0) is 50.1 Å². The van der Waals surface area contributed by atoms with E-state index in [0.717, 1.165) is 46.6 Å². The SMILES string of the molecule is COc1cccc(C(=O)N2CCC(n3c(-c4ccccc4)nc4ccc(F)cc43)CC2)c1C. The number of nitrogens with zero attached hydrogens (tertiary/aromatic N) is 3. The van der Waals surface area contributed by atoms with Gasteiger partial charge in [0.1, 0.15) is 17.4 Å². The molecule has 1 saturated heterocycles. The van der Waals surface area contributed by atoms with Crippen molar-refractivity contribution in [2.24, 2.45) is 0 Å². The molecule has 0 aliphatic carbocycles. The van der Waals surface area contributed by atoms with E-state index in [1.54, 1.807) is 19.2 Å². The third kappa shape index (κ3) is 3.86. The number of amides is 1. The average Bonchev–Trinajstić information content (AvgIpc) is 3.23. The Balaban J connectivity index is 1.44. The van der Waals surface area contributed by atoms with E-state index in [1.807, 2.05) is 60.4 Å². The molecule has 0 atom stereocenters. The summed E-state index contributed by atoms with van der Waals surface area (Å²) in [5.41, 5.74) is 4.10. The highest BCUT2D eigenvalue weighted by Crippen LogP contribution is 2.34. The number of rotatable bonds is 4. The van der Waals surface area contributed by atoms with Gasteiger partial charge in [-0.25, -0.2) is 9.37 Å². The highest BCUT2D eigenvalue weighted by atomic mass is 19.1. The Morgan fingerprint density at radius 2 is 1.79 bits per heavy atom. The summed E-state index contributed by atoms with van der Waals surface area (Å²) >= 11 is 0. The summed E-state index contributed by atoms with van der Waals surface area (Å²) in [5, 5.41) is 0. The Morgan fingerprint density at radius 1 is 1.03 bits per heavy atom. The number of carbonyl (C=O) groups excluding carboxylic acids is 1. The molecule has 4 aromatic rings. The van der Waals surface area contributed by atoms with Crippen LogP contribution in [0.15, 0.2) is 66.7 Å². The minimum Gasteiger partial charge on any atom is -0.496 e. The molecule has 0 N–H and O–H groups in total. The molecule has 6 heteroatoms. The lowest BCUT2D eigenvalue weighted by atomic mass is 10.0. The first-order chi connectivity index (χ1) is 16.1. The fraction of sp³-hybridized carbons (Fsp3) is 0.259. The van der Waals surface area contributed by atoms with Crippen molar-refractivity contribution in [1.29, 1.82) is 0 Å². The molecule has 2 heterocycles. The molecule has 0 bridgehead atoms. The Bertz CT molecular complexity index is 1310. The van der Waals surface area contributed by atoms with Crippen molar-refractivity contribution >= 4 is 16.9 Å². The summed E-state index contributed by atoms with van der Waals surface area (Å²) in [4.78, 5) is 20.0. The van der Waals surface area contributed by atoms with Gasteiger partial charge < -0.3 is 14.2 Å². The minimum atomic E-state index is -0.274. The van der Waals surface area contributed by atoms with Crippen molar-refractivity contribution in [2.75, 3.05) is 20.2 Å². The maximum Gasteiger partial charge on any atom is 0.254 e. The summed E-state index contributed by atoms with van der Waals surface area (Å²) < 4.78 is 21.7. The van der Waals surface area contributed by atoms with Gasteiger partial charge in [0.2, 0.25) is 0 Å². The number of imidazole rings is 1. The van der Waals surface area contributed by atoms with Crippen LogP contribution in [0.2, 0.25) is 0 Å². The number of fused-ring (bicyclic) bond motifs is 1. The smallest absolute Gasteiger partial charge is 0.254 e. The second-order valence-electron chi connectivity index (χ2n) is 8.46. The lowest BCUT2D eigenvalue weighted by molar-refractivity contribution is 0.0695. The van der Waals surface area contributed by atoms with E-state index >= 15 is 0 Å². The molecule has 1 aliphatic rings. The predicted octanol–water partition coefficient (Wildman–Crippen LogP) is 5.64. The number of aromatic nitrogens is 2. The summed E-state index contributed by atoms with van der Waals surface area (Å²) in [7, 11) is 1.62. The Kier molecular flexibility index (Phi) is 5.58. The van der Waals surface area contributed by atoms with Gasteiger partial charge in [-0.1, -0.05) is 36.4 Å². The molecule has 1 fully saturated rings. The third-order valence-electron chi connectivity index (χ3n) is 6.53. The maximum absolute atomic E-state index is 14.1. The van der Waals surface area contributed by atoms with Crippen LogP contribution in [0.4, 0.5) is 4.39 Å². The van der Waals surface area contributed by atoms with Gasteiger partial charge in [0.25, 0.3) is 5.91 Å². The molecule has 5 nitrogen and oxygen atoms in total. The summed E-state index contributed by atoms with van der Waals surface area (Å²) in [6.07, 6.45) is 1.55. The van der Waals surface area contributed by atoms with E-state index in [9.17, 15) is 9.18 Å². The molecule has 33 heavy (non-hydrogen) atoms. The van der Waals surface area contributed by atoms with Crippen LogP contribution in [-0.4, -0.2) is 40.6 Å². The van der Waals surface area contributed by atoms with E-state index in [4.69, 9.17) is 9.72 Å². The summed E-state index contributed by atoms with van der Waals surface area (Å²) in [5.74, 6) is 1.30. The first kappa shape index (κ1) is 21.2. The molecule has 1 aromatic heterocycles. The minimum absolute atomic E-state index is 0.0228. The molecular weight excluding hydrogens is 417 g/mol. The number of halogens is 1. The highest BCUT2D eigenvalue weighted by molar-refractivity contribution is 5.96. The van der Waals surface area contributed by atoms with E-state index in [2.05, 4.69) is 4.57 Å². The standard InChI is InChI=1S/C27H26FN3O2/c1-18-22(9-6-10-25(18)33-2)27(32)30-15-13-21(14-16-30)31-24-17-20(28)11-12-23(24)29-26(31)19-7-4-3-5-8-19/h3-12,17,21H,13-16H2,1-2H3. The lowest BCUT2D eigenvalue weighted by Crippen LogP contribution is -2.39. The number of benzene rings is 3. The van der Waals surface area contributed by atoms with Gasteiger partial charge in [0.15, 0.2) is 0 Å². The first-order valence-corrected chi connectivity index (χ1v) is 11.2. The van der Waals surface area contributed by atoms with Gasteiger partial charge in [0, 0.05) is 35.8 Å². The van der Waals surface area contributed by atoms with E-state index in [-0.39, 0.29) is 17.8 Å². The van der Waals surface area contributed by atoms with Crippen LogP contribution in [0.1, 0.15) is 34.8 Å². The molecular formula is C27H26FN3O2. The zero-order chi connectivity index (χ0) is 22.9. The molecule has 5 rings (SSSR count). The Labute approximate surface area is 192 Å². The van der Waals surface area contributed by atoms with Crippen LogP contribution < -0.4 is 4.74 Å². The number of piperidine rings is 1. The largest absolute Gasteiger partial charge is 0.496 e. The van der Waals surface area contributed by atoms with E-state index < -0.39 is 0 Å². The summed E-state index contributed by atoms with van der Waals surface area (Å²) in [6.45, 7) is 3.17. The topological polar surface area (TPSA) is 47.4 Å². The van der Waals surface area contributed by atoms with Crippen LogP contribution in [-0.2, 0) is 0 Å². The van der Waals surface area contributed by atoms with Crippen molar-refractivity contribution in [3.05, 3.63) is 83.7 Å². The predicted molar refractivity (Wildman–Crippen MR) is 127 cm³/mol. The molecule has 0 radical (unpaired) electrons. The molecule has 168 valence electrons. The molecule has 0 saturated carbocycles. The Morgan fingerprint density at radius 3 is 2.52 bits per heavy atom. The molecule has 3 aromatic carbocycles. The number of ether oxygens (including phenoxy) is 1. The van der Waals surface area contributed by atoms with Crippen molar-refractivity contribution < 1.29 is 13.9 Å². The van der Waals surface area contributed by atoms with Crippen molar-refractivity contribution in [2.45, 2.75) is 25.8 Å². The molecule has 1 aliphatic heterocycles. The van der Waals surface area contributed by atoms with Gasteiger partial charge in [-0.2, -0.15) is 0 Å². The fourth-order valence-electron chi connectivity index (χ4n) is 4.79. The quantitative estimate of drug-likeness (QED) is 0.410. The third-order valence-corrected chi connectivity index (χ3v) is 6.53. The molecule has 0 unspecified atom stereocenters. The normalized spacial score (nSPS) is 14.6. The van der Waals surface area contributed by atoms with Crippen LogP contribution in [0.25, 0.3) is 22.4 Å². The monoisotopic (exact) mass is 443 g/mol. The van der Waals surface area contributed by atoms with Crippen LogP contribution in [0.5, 0.6) is 5.75 Å². The van der Waals surface area contributed by atoms with Crippen LogP contribution >= 0.6 is 0 Å². The number of hydrogen-bond donors (Lipinski definition) is 0. The lowest BCUT2D eigenvalue weighted by Gasteiger charge is -2.34. The summed E-state index contributed by atoms with van der Waals surface area (Å²) in [6, 6.07) is 20.4. The second kappa shape index (κ2) is 8.70. The second-order valence-corrected chi connectivity index (χ2v) is 8.46. The zero-order valence-corrected chi connectivity index (χ0v) is 18.8. The van der Waals surface area contributed by atoms with E-state index in [1.165, 1.54) is 6.07 Å². The van der Waals surface area contributed by atoms with Gasteiger partial charge in [-0.3, -0.25) is 4.79 Å². The number of carbonyl (C=O) groups is 1. The van der Waals surface area contributed by atoms with Gasteiger partial charge in [0.05, 0.1) is 18.1 Å². The zero-order valence-electron chi connectivity index (χ0n) is 18.8. The van der Waals surface area contributed by atoms with Crippen LogP contribution in [0.3, 0.4) is 0 Å².